The Balaban J connectivity index is 1.02. The van der Waals surface area contributed by atoms with E-state index >= 15 is 0 Å². The maximum Gasteiger partial charge on any atom is 0.160 e. The molecule has 0 amide bonds. The Hall–Kier alpha value is -7.29. The second-order valence-electron chi connectivity index (χ2n) is 14.0. The van der Waals surface area contributed by atoms with Crippen molar-refractivity contribution >= 4 is 38.2 Å². The van der Waals surface area contributed by atoms with E-state index in [0.29, 0.717) is 5.82 Å². The Bertz CT molecular complexity index is 2910. The molecule has 0 N–H and O–H groups in total. The number of rotatable bonds is 6. The Labute approximate surface area is 319 Å². The number of benzene rings is 4. The van der Waals surface area contributed by atoms with E-state index in [1.165, 1.54) is 16.3 Å². The summed E-state index contributed by atoms with van der Waals surface area (Å²) in [6.07, 6.45) is 11.3. The van der Waals surface area contributed by atoms with E-state index in [0.717, 1.165) is 84.4 Å². The third kappa shape index (κ3) is 6.20. The second-order valence-corrected chi connectivity index (χ2v) is 14.0. The van der Waals surface area contributed by atoms with Gasteiger partial charge in [0.1, 0.15) is 0 Å². The average Bonchev–Trinajstić information content (AvgIpc) is 3.26. The highest BCUT2D eigenvalue weighted by molar-refractivity contribution is 6.05. The van der Waals surface area contributed by atoms with Crippen molar-refractivity contribution in [3.05, 3.63) is 193 Å². The molecule has 0 saturated heterocycles. The van der Waals surface area contributed by atoms with Crippen molar-refractivity contribution < 1.29 is 0 Å². The monoisotopic (exact) mass is 703 g/mol. The Morgan fingerprint density at radius 3 is 2.27 bits per heavy atom. The van der Waals surface area contributed by atoms with Gasteiger partial charge in [-0.15, -0.1) is 0 Å². The zero-order valence-corrected chi connectivity index (χ0v) is 30.1. The maximum absolute atomic E-state index is 5.35. The number of hydrogen-bond acceptors (Lipinski definition) is 5. The summed E-state index contributed by atoms with van der Waals surface area (Å²) in [6.45, 7) is 2.17. The molecule has 9 aromatic rings. The van der Waals surface area contributed by atoms with Crippen LogP contribution in [0.3, 0.4) is 0 Å². The smallest absolute Gasteiger partial charge is 0.160 e. The molecular weight excluding hydrogens is 671 g/mol. The summed E-state index contributed by atoms with van der Waals surface area (Å²) in [4.78, 5) is 25.0. The molecule has 55 heavy (non-hydrogen) atoms. The lowest BCUT2D eigenvalue weighted by Gasteiger charge is -2.18. The zero-order chi connectivity index (χ0) is 36.7. The van der Waals surface area contributed by atoms with Crippen LogP contribution in [0.5, 0.6) is 0 Å². The lowest BCUT2D eigenvalue weighted by Crippen LogP contribution is -2.03. The first-order chi connectivity index (χ1) is 27.1. The first-order valence-electron chi connectivity index (χ1n) is 18.5. The van der Waals surface area contributed by atoms with Gasteiger partial charge in [-0.1, -0.05) is 103 Å². The predicted octanol–water partition coefficient (Wildman–Crippen LogP) is 11.8. The number of allylic oxidation sites excluding steroid dienone is 4. The normalized spacial score (nSPS) is 13.9. The van der Waals surface area contributed by atoms with E-state index in [4.69, 9.17) is 19.9 Å². The summed E-state index contributed by atoms with van der Waals surface area (Å²) < 4.78 is 0. The molecule has 258 valence electrons. The van der Waals surface area contributed by atoms with Crippen molar-refractivity contribution in [1.82, 2.24) is 24.9 Å². The summed E-state index contributed by atoms with van der Waals surface area (Å²) in [5.41, 5.74) is 12.8. The molecule has 1 atom stereocenters. The first-order valence-corrected chi connectivity index (χ1v) is 18.5. The van der Waals surface area contributed by atoms with Crippen LogP contribution in [0, 0.1) is 19.1 Å². The third-order valence-corrected chi connectivity index (χ3v) is 10.5. The molecule has 4 heterocycles. The quantitative estimate of drug-likeness (QED) is 0.161. The topological polar surface area (TPSA) is 64.5 Å². The van der Waals surface area contributed by atoms with Gasteiger partial charge in [0.05, 0.1) is 28.1 Å². The van der Waals surface area contributed by atoms with Crippen LogP contribution in [0.15, 0.2) is 164 Å². The van der Waals surface area contributed by atoms with Gasteiger partial charge in [-0.05, 0) is 101 Å². The van der Waals surface area contributed by atoms with Gasteiger partial charge in [-0.3, -0.25) is 4.98 Å². The molecule has 0 fully saturated rings. The van der Waals surface area contributed by atoms with Crippen LogP contribution in [0.2, 0.25) is 0 Å². The largest absolute Gasteiger partial charge is 0.264 e. The molecule has 1 unspecified atom stereocenters. The fraction of sp³-hybridized carbons (Fsp3) is 0.0600. The lowest BCUT2D eigenvalue weighted by atomic mass is 9.89. The zero-order valence-electron chi connectivity index (χ0n) is 30.1. The van der Waals surface area contributed by atoms with Crippen molar-refractivity contribution in [3.63, 3.8) is 0 Å². The van der Waals surface area contributed by atoms with Crippen LogP contribution in [-0.2, 0) is 0 Å². The predicted molar refractivity (Wildman–Crippen MR) is 223 cm³/mol. The SMILES string of the molecule is Cc1cc(-c2ccc3ccccc3c2)nc2c1ccc1ccc(C3C=C(c4cccc(-c5nc(-c6cc#ccc6)cc(-c6cccnc6)n5)c4)C=CC3)nc12. The van der Waals surface area contributed by atoms with Crippen molar-refractivity contribution in [1.29, 1.82) is 0 Å². The summed E-state index contributed by atoms with van der Waals surface area (Å²) in [6, 6.07) is 52.1. The van der Waals surface area contributed by atoms with E-state index in [1.54, 1.807) is 6.20 Å². The maximum atomic E-state index is 5.35. The van der Waals surface area contributed by atoms with Gasteiger partial charge in [-0.25, -0.2) is 19.9 Å². The summed E-state index contributed by atoms with van der Waals surface area (Å²) in [5, 5.41) is 4.64. The Kier molecular flexibility index (Phi) is 8.00. The van der Waals surface area contributed by atoms with Gasteiger partial charge in [-0.2, -0.15) is 0 Å². The summed E-state index contributed by atoms with van der Waals surface area (Å²) >= 11 is 0. The minimum Gasteiger partial charge on any atom is -0.264 e. The van der Waals surface area contributed by atoms with Crippen molar-refractivity contribution in [2.45, 2.75) is 19.3 Å². The standard InChI is InChI=1S/C50H33N5/c1-32-26-45(40-20-19-33-10-5-6-13-36(33)27-40)53-49-43(32)23-21-35-22-24-44(52-48(35)49)39-16-7-14-37(28-39)38-15-8-17-41(29-38)50-54-46(34-11-3-2-4-12-34)30-47(55-50)42-18-9-25-51-31-42/h3,5-15,17-31,39H,16H2,1H3. The molecule has 5 heteroatoms. The first kappa shape index (κ1) is 32.4. The molecule has 5 nitrogen and oxygen atoms in total. The molecule has 10 rings (SSSR count). The number of aromatic nitrogens is 5. The van der Waals surface area contributed by atoms with Crippen LogP contribution >= 0.6 is 0 Å². The average molecular weight is 704 g/mol. The van der Waals surface area contributed by atoms with E-state index in [1.807, 2.05) is 42.6 Å². The molecule has 0 saturated carbocycles. The number of pyridine rings is 3. The number of hydrogen-bond donors (Lipinski definition) is 0. The fourth-order valence-electron chi connectivity index (χ4n) is 7.57. The van der Waals surface area contributed by atoms with Gasteiger partial charge in [0.25, 0.3) is 0 Å². The summed E-state index contributed by atoms with van der Waals surface area (Å²) in [7, 11) is 0. The van der Waals surface area contributed by atoms with Crippen molar-refractivity contribution in [2.75, 3.05) is 0 Å². The van der Waals surface area contributed by atoms with Gasteiger partial charge >= 0.3 is 0 Å². The van der Waals surface area contributed by atoms with Gasteiger partial charge in [0.15, 0.2) is 5.82 Å². The second kappa shape index (κ2) is 13.6. The van der Waals surface area contributed by atoms with E-state index in [-0.39, 0.29) is 5.92 Å². The highest BCUT2D eigenvalue weighted by Gasteiger charge is 2.18. The Morgan fingerprint density at radius 1 is 0.582 bits per heavy atom. The fourth-order valence-corrected chi connectivity index (χ4v) is 7.57. The van der Waals surface area contributed by atoms with Gasteiger partial charge < -0.3 is 0 Å². The Morgan fingerprint density at radius 2 is 1.40 bits per heavy atom. The van der Waals surface area contributed by atoms with Gasteiger partial charge in [0, 0.05) is 57.0 Å². The molecule has 0 bridgehead atoms. The highest BCUT2D eigenvalue weighted by atomic mass is 14.9. The van der Waals surface area contributed by atoms with Crippen molar-refractivity contribution in [3.8, 4) is 45.2 Å². The van der Waals surface area contributed by atoms with Crippen molar-refractivity contribution in [2.24, 2.45) is 0 Å². The number of fused-ring (bicyclic) bond motifs is 4. The van der Waals surface area contributed by atoms with E-state index in [9.17, 15) is 0 Å². The van der Waals surface area contributed by atoms with Gasteiger partial charge in [0.2, 0.25) is 0 Å². The molecular formula is C50H33N5. The molecule has 1 aliphatic carbocycles. The van der Waals surface area contributed by atoms with E-state index < -0.39 is 0 Å². The van der Waals surface area contributed by atoms with Crippen LogP contribution in [0.1, 0.15) is 29.2 Å². The minimum atomic E-state index is 0.107. The molecule has 0 aliphatic heterocycles. The number of aryl methyl sites for hydroxylation is 1. The van der Waals surface area contributed by atoms with E-state index in [2.05, 4.69) is 139 Å². The minimum absolute atomic E-state index is 0.107. The van der Waals surface area contributed by atoms with Crippen LogP contribution < -0.4 is 0 Å². The van der Waals surface area contributed by atoms with Crippen LogP contribution in [-0.4, -0.2) is 24.9 Å². The van der Waals surface area contributed by atoms with Crippen LogP contribution in [0.4, 0.5) is 0 Å². The molecule has 4 aromatic heterocycles. The molecule has 0 spiro atoms. The third-order valence-electron chi connectivity index (χ3n) is 10.5. The van der Waals surface area contributed by atoms with Crippen LogP contribution in [0.25, 0.3) is 83.3 Å². The molecule has 0 radical (unpaired) electrons. The molecule has 1 aliphatic rings. The summed E-state index contributed by atoms with van der Waals surface area (Å²) in [5.74, 6) is 0.757. The molecule has 5 aromatic carbocycles. The number of nitrogens with zero attached hydrogens (tertiary/aromatic N) is 5. The lowest BCUT2D eigenvalue weighted by molar-refractivity contribution is 0.825. The highest BCUT2D eigenvalue weighted by Crippen LogP contribution is 2.36.